The van der Waals surface area contributed by atoms with Gasteiger partial charge in [0.15, 0.2) is 5.11 Å². The highest BCUT2D eigenvalue weighted by Gasteiger charge is 2.37. The van der Waals surface area contributed by atoms with Gasteiger partial charge in [-0.3, -0.25) is 4.79 Å². The number of aryl methyl sites for hydroxylation is 1. The lowest BCUT2D eigenvalue weighted by Gasteiger charge is -2.38. The Morgan fingerprint density at radius 1 is 1.11 bits per heavy atom. The molecular formula is C34H35F3N6OS. The summed E-state index contributed by atoms with van der Waals surface area (Å²) < 4.78 is 43.8. The van der Waals surface area contributed by atoms with E-state index in [0.29, 0.717) is 23.5 Å². The number of nitrogens with two attached hydrogens (primary N) is 1. The van der Waals surface area contributed by atoms with Crippen LogP contribution in [0.2, 0.25) is 0 Å². The molecule has 0 saturated carbocycles. The van der Waals surface area contributed by atoms with Gasteiger partial charge in [-0.15, -0.1) is 0 Å². The number of nitriles is 1. The summed E-state index contributed by atoms with van der Waals surface area (Å²) in [5, 5.41) is 12.3. The van der Waals surface area contributed by atoms with Gasteiger partial charge < -0.3 is 20.5 Å². The van der Waals surface area contributed by atoms with Gasteiger partial charge in [0.25, 0.3) is 0 Å². The largest absolute Gasteiger partial charge is 0.416 e. The van der Waals surface area contributed by atoms with E-state index in [0.717, 1.165) is 17.2 Å². The monoisotopic (exact) mass is 632 g/mol. The number of anilines is 1. The first kappa shape index (κ1) is 33.4. The molecule has 234 valence electrons. The molecule has 3 aromatic carbocycles. The highest BCUT2D eigenvalue weighted by Crippen LogP contribution is 2.33. The van der Waals surface area contributed by atoms with Crippen LogP contribution < -0.4 is 11.1 Å². The zero-order valence-electron chi connectivity index (χ0n) is 25.3. The molecule has 0 bridgehead atoms. The summed E-state index contributed by atoms with van der Waals surface area (Å²) in [4.78, 5) is 19.7. The predicted octanol–water partition coefficient (Wildman–Crippen LogP) is 6.70. The molecule has 4 rings (SSSR count). The van der Waals surface area contributed by atoms with Gasteiger partial charge >= 0.3 is 6.18 Å². The molecule has 0 radical (unpaired) electrons. The molecule has 1 heterocycles. The van der Waals surface area contributed by atoms with Gasteiger partial charge in [-0.1, -0.05) is 56.3 Å². The minimum Gasteiger partial charge on any atom is -0.333 e. The number of hydrogen-bond acceptors (Lipinski definition) is 5. The van der Waals surface area contributed by atoms with Crippen LogP contribution in [-0.4, -0.2) is 31.5 Å². The Labute approximate surface area is 266 Å². The number of thiocarbonyl (C=S) groups is 1. The molecule has 1 unspecified atom stereocenters. The number of benzene rings is 3. The van der Waals surface area contributed by atoms with Crippen molar-refractivity contribution in [2.45, 2.75) is 52.6 Å². The van der Waals surface area contributed by atoms with Crippen molar-refractivity contribution in [1.82, 2.24) is 14.5 Å². The molecule has 7 nitrogen and oxygen atoms in total. The van der Waals surface area contributed by atoms with Crippen LogP contribution in [0.5, 0.6) is 0 Å². The maximum atomic E-state index is 14.0. The molecule has 4 aromatic rings. The smallest absolute Gasteiger partial charge is 0.333 e. The van der Waals surface area contributed by atoms with E-state index in [2.05, 4.69) is 16.4 Å². The third-order valence-electron chi connectivity index (χ3n) is 7.60. The zero-order chi connectivity index (χ0) is 32.7. The highest BCUT2D eigenvalue weighted by atomic mass is 32.1. The summed E-state index contributed by atoms with van der Waals surface area (Å²) in [7, 11) is 0. The van der Waals surface area contributed by atoms with Gasteiger partial charge in [-0.25, -0.2) is 4.98 Å². The number of nitrogens with one attached hydrogen (secondary N) is 1. The molecule has 2 atom stereocenters. The Bertz CT molecular complexity index is 1680. The van der Waals surface area contributed by atoms with Crippen LogP contribution in [0.15, 0.2) is 85.3 Å². The van der Waals surface area contributed by atoms with Gasteiger partial charge in [-0.2, -0.15) is 18.4 Å². The molecule has 11 heteroatoms. The average Bonchev–Trinajstić information content (AvgIpc) is 3.41. The summed E-state index contributed by atoms with van der Waals surface area (Å²) in [6.45, 7) is 5.81. The van der Waals surface area contributed by atoms with Crippen molar-refractivity contribution in [3.63, 3.8) is 0 Å². The molecule has 0 amide bonds. The third kappa shape index (κ3) is 8.56. The Morgan fingerprint density at radius 3 is 2.47 bits per heavy atom. The molecular weight excluding hydrogens is 597 g/mol. The normalized spacial score (nSPS) is 12.8. The summed E-state index contributed by atoms with van der Waals surface area (Å²) in [5.41, 5.74) is 9.78. The van der Waals surface area contributed by atoms with Crippen molar-refractivity contribution in [2.24, 2.45) is 17.6 Å². The van der Waals surface area contributed by atoms with Gasteiger partial charge in [0.1, 0.15) is 5.78 Å². The maximum absolute atomic E-state index is 14.0. The number of nitrogens with zero attached hydrogens (tertiary/aromatic N) is 4. The predicted molar refractivity (Wildman–Crippen MR) is 172 cm³/mol. The lowest BCUT2D eigenvalue weighted by molar-refractivity contribution is -0.138. The van der Waals surface area contributed by atoms with Crippen LogP contribution in [0.1, 0.15) is 47.4 Å². The number of carbonyl (C=O) groups is 1. The second-order valence-electron chi connectivity index (χ2n) is 11.3. The number of aromatic nitrogens is 2. The van der Waals surface area contributed by atoms with E-state index in [4.69, 9.17) is 23.2 Å². The third-order valence-corrected chi connectivity index (χ3v) is 7.94. The SMILES string of the molecule is Cc1cccc(NC(=S)N(Cc2ccccc2C(F)(F)F)C(N)[C@@H](C(=O)Cc2cncn2Cc2ccc(C#N)cc2)C(C)C)c1. The minimum atomic E-state index is -4.58. The van der Waals surface area contributed by atoms with E-state index in [1.807, 2.05) is 55.7 Å². The molecule has 45 heavy (non-hydrogen) atoms. The molecule has 0 aliphatic rings. The van der Waals surface area contributed by atoms with Crippen molar-refractivity contribution < 1.29 is 18.0 Å². The second-order valence-corrected chi connectivity index (χ2v) is 11.7. The number of ketones is 1. The topological polar surface area (TPSA) is 100.0 Å². The van der Waals surface area contributed by atoms with E-state index < -0.39 is 23.8 Å². The van der Waals surface area contributed by atoms with Crippen molar-refractivity contribution in [3.05, 3.63) is 119 Å². The molecule has 1 aromatic heterocycles. The molecule has 0 spiro atoms. The second kappa shape index (κ2) is 14.5. The van der Waals surface area contributed by atoms with Crippen LogP contribution in [0.4, 0.5) is 18.9 Å². The van der Waals surface area contributed by atoms with E-state index in [1.54, 1.807) is 30.7 Å². The Hall–Kier alpha value is -4.53. The maximum Gasteiger partial charge on any atom is 0.416 e. The van der Waals surface area contributed by atoms with Gasteiger partial charge in [0, 0.05) is 37.1 Å². The van der Waals surface area contributed by atoms with E-state index >= 15 is 0 Å². The van der Waals surface area contributed by atoms with Gasteiger partial charge in [0.2, 0.25) is 0 Å². The number of rotatable bonds is 11. The fraction of sp³-hybridized carbons (Fsp3) is 0.294. The zero-order valence-corrected chi connectivity index (χ0v) is 26.1. The van der Waals surface area contributed by atoms with Crippen LogP contribution >= 0.6 is 12.2 Å². The molecule has 3 N–H and O–H groups in total. The fourth-order valence-electron chi connectivity index (χ4n) is 5.31. The number of hydrogen-bond donors (Lipinski definition) is 2. The van der Waals surface area contributed by atoms with Crippen LogP contribution in [-0.2, 0) is 30.5 Å². The number of imidazole rings is 1. The van der Waals surface area contributed by atoms with Crippen molar-refractivity contribution in [1.29, 1.82) is 5.26 Å². The standard InChI is InChI=1S/C34H35F3N6OS/c1-22(2)31(30(44)16-28-18-40-21-42(28)19-25-13-11-24(17-38)12-14-25)32(39)43(33(45)41-27-9-6-7-23(3)15-27)20-26-8-4-5-10-29(26)34(35,36)37/h4-15,18,21-22,31-32H,16,19-20,39H2,1-3H3,(H,41,45)/t31-,32?/m1/s1. The van der Waals surface area contributed by atoms with Crippen molar-refractivity contribution >= 4 is 28.8 Å². The van der Waals surface area contributed by atoms with Gasteiger partial charge in [0.05, 0.1) is 35.6 Å². The molecule has 0 saturated heterocycles. The molecule has 0 aliphatic heterocycles. The Morgan fingerprint density at radius 2 is 1.82 bits per heavy atom. The molecule has 0 fully saturated rings. The first-order valence-electron chi connectivity index (χ1n) is 14.4. The first-order valence-corrected chi connectivity index (χ1v) is 14.8. The van der Waals surface area contributed by atoms with Crippen LogP contribution in [0.25, 0.3) is 0 Å². The summed E-state index contributed by atoms with van der Waals surface area (Å²) in [6, 6.07) is 21.9. The highest BCUT2D eigenvalue weighted by molar-refractivity contribution is 7.80. The van der Waals surface area contributed by atoms with Crippen LogP contribution in [0.3, 0.4) is 0 Å². The van der Waals surface area contributed by atoms with Crippen molar-refractivity contribution in [2.75, 3.05) is 5.32 Å². The number of carbonyl (C=O) groups excluding carboxylic acids is 1. The fourth-order valence-corrected chi connectivity index (χ4v) is 5.62. The molecule has 0 aliphatic carbocycles. The lowest BCUT2D eigenvalue weighted by atomic mass is 9.86. The number of alkyl halides is 3. The number of halogens is 3. The Kier molecular flexibility index (Phi) is 10.8. The lowest BCUT2D eigenvalue weighted by Crippen LogP contribution is -2.55. The summed E-state index contributed by atoms with van der Waals surface area (Å²) in [5.74, 6) is -1.23. The quantitative estimate of drug-likeness (QED) is 0.140. The summed E-state index contributed by atoms with van der Waals surface area (Å²) in [6.07, 6.45) is -2.37. The van der Waals surface area contributed by atoms with Gasteiger partial charge in [-0.05, 0) is 72.1 Å². The van der Waals surface area contributed by atoms with Crippen LogP contribution in [0, 0.1) is 30.1 Å². The Balaban J connectivity index is 1.63. The number of Topliss-reactive ketones (excluding diaryl/α,β-unsaturated/α-hetero) is 1. The van der Waals surface area contributed by atoms with E-state index in [9.17, 15) is 18.0 Å². The van der Waals surface area contributed by atoms with Crippen molar-refractivity contribution in [3.8, 4) is 6.07 Å². The average molecular weight is 633 g/mol. The minimum absolute atomic E-state index is 0.00992. The summed E-state index contributed by atoms with van der Waals surface area (Å²) >= 11 is 5.74. The van der Waals surface area contributed by atoms with E-state index in [-0.39, 0.29) is 35.3 Å². The first-order chi connectivity index (χ1) is 21.4. The van der Waals surface area contributed by atoms with E-state index in [1.165, 1.54) is 23.1 Å².